The Kier molecular flexibility index (Phi) is 4.77. The van der Waals surface area contributed by atoms with Gasteiger partial charge >= 0.3 is 5.97 Å². The number of aliphatic carboxylic acids is 1. The van der Waals surface area contributed by atoms with Gasteiger partial charge in [0.15, 0.2) is 0 Å². The maximum absolute atomic E-state index is 11.6. The number of hydrogen-bond acceptors (Lipinski definition) is 2. The van der Waals surface area contributed by atoms with Crippen LogP contribution in [-0.2, 0) is 9.59 Å². The Morgan fingerprint density at radius 1 is 1.31 bits per heavy atom. The van der Waals surface area contributed by atoms with Gasteiger partial charge in [0.25, 0.3) is 0 Å². The van der Waals surface area contributed by atoms with Crippen molar-refractivity contribution in [3.63, 3.8) is 0 Å². The summed E-state index contributed by atoms with van der Waals surface area (Å²) in [4.78, 5) is 22.3. The van der Waals surface area contributed by atoms with E-state index in [4.69, 9.17) is 5.11 Å². The molecule has 0 bridgehead atoms. The van der Waals surface area contributed by atoms with Crippen LogP contribution >= 0.6 is 0 Å². The van der Waals surface area contributed by atoms with Crippen LogP contribution in [0.1, 0.15) is 39.5 Å². The SMILES string of the molecule is CC(C(=O)O)C(C)C(=O)NCCC1CCC1. The first-order valence-electron chi connectivity index (χ1n) is 6.03. The van der Waals surface area contributed by atoms with Gasteiger partial charge in [0.2, 0.25) is 5.91 Å². The minimum absolute atomic E-state index is 0.144. The molecule has 0 aromatic rings. The Bertz CT molecular complexity index is 261. The zero-order chi connectivity index (χ0) is 12.1. The van der Waals surface area contributed by atoms with Gasteiger partial charge in [0.05, 0.1) is 5.92 Å². The molecule has 1 aliphatic rings. The highest BCUT2D eigenvalue weighted by Crippen LogP contribution is 2.28. The zero-order valence-corrected chi connectivity index (χ0v) is 10.0. The maximum atomic E-state index is 11.6. The standard InChI is InChI=1S/C12H21NO3/c1-8(9(2)12(15)16)11(14)13-7-6-10-4-3-5-10/h8-10H,3-7H2,1-2H3,(H,13,14)(H,15,16). The summed E-state index contributed by atoms with van der Waals surface area (Å²) in [6, 6.07) is 0. The third-order valence-corrected chi connectivity index (χ3v) is 3.63. The van der Waals surface area contributed by atoms with E-state index in [0.717, 1.165) is 12.3 Å². The maximum Gasteiger partial charge on any atom is 0.307 e. The number of nitrogens with one attached hydrogen (secondary N) is 1. The van der Waals surface area contributed by atoms with Crippen LogP contribution in [0.5, 0.6) is 0 Å². The molecule has 0 spiro atoms. The molecule has 92 valence electrons. The van der Waals surface area contributed by atoms with E-state index in [2.05, 4.69) is 5.32 Å². The molecular formula is C12H21NO3. The Labute approximate surface area is 96.4 Å². The molecule has 0 aliphatic heterocycles. The van der Waals surface area contributed by atoms with Crippen LogP contribution in [0.4, 0.5) is 0 Å². The number of rotatable bonds is 6. The lowest BCUT2D eigenvalue weighted by atomic mass is 9.83. The first-order chi connectivity index (χ1) is 7.52. The minimum Gasteiger partial charge on any atom is -0.481 e. The lowest BCUT2D eigenvalue weighted by molar-refractivity contribution is -0.146. The van der Waals surface area contributed by atoms with E-state index < -0.39 is 17.8 Å². The molecule has 1 rings (SSSR count). The fraction of sp³-hybridized carbons (Fsp3) is 0.833. The summed E-state index contributed by atoms with van der Waals surface area (Å²) in [5.74, 6) is -1.37. The van der Waals surface area contributed by atoms with Crippen molar-refractivity contribution in [1.82, 2.24) is 5.32 Å². The zero-order valence-electron chi connectivity index (χ0n) is 10.0. The lowest BCUT2D eigenvalue weighted by Crippen LogP contribution is -2.36. The molecule has 1 aliphatic carbocycles. The van der Waals surface area contributed by atoms with E-state index in [-0.39, 0.29) is 5.91 Å². The Balaban J connectivity index is 2.19. The second kappa shape index (κ2) is 5.87. The average molecular weight is 227 g/mol. The summed E-state index contributed by atoms with van der Waals surface area (Å²) in [6.45, 7) is 3.91. The van der Waals surface area contributed by atoms with Crippen LogP contribution in [0.2, 0.25) is 0 Å². The molecular weight excluding hydrogens is 206 g/mol. The van der Waals surface area contributed by atoms with Crippen molar-refractivity contribution in [1.29, 1.82) is 0 Å². The molecule has 1 fully saturated rings. The van der Waals surface area contributed by atoms with Crippen molar-refractivity contribution < 1.29 is 14.7 Å². The normalized spacial score (nSPS) is 19.6. The molecule has 0 radical (unpaired) electrons. The van der Waals surface area contributed by atoms with Gasteiger partial charge in [0, 0.05) is 12.5 Å². The topological polar surface area (TPSA) is 66.4 Å². The molecule has 0 saturated heterocycles. The minimum atomic E-state index is -0.915. The highest BCUT2D eigenvalue weighted by atomic mass is 16.4. The smallest absolute Gasteiger partial charge is 0.307 e. The number of carbonyl (C=O) groups is 2. The van der Waals surface area contributed by atoms with Gasteiger partial charge in [0.1, 0.15) is 0 Å². The summed E-state index contributed by atoms with van der Waals surface area (Å²) in [7, 11) is 0. The van der Waals surface area contributed by atoms with Crippen LogP contribution < -0.4 is 5.32 Å². The summed E-state index contributed by atoms with van der Waals surface area (Å²) < 4.78 is 0. The second-order valence-electron chi connectivity index (χ2n) is 4.79. The number of carboxylic acid groups (broad SMARTS) is 1. The molecule has 0 aromatic heterocycles. The third-order valence-electron chi connectivity index (χ3n) is 3.63. The van der Waals surface area contributed by atoms with Gasteiger partial charge in [-0.1, -0.05) is 33.1 Å². The predicted octanol–water partition coefficient (Wildman–Crippen LogP) is 1.65. The van der Waals surface area contributed by atoms with Gasteiger partial charge in [-0.05, 0) is 12.3 Å². The first kappa shape index (κ1) is 13.0. The van der Waals surface area contributed by atoms with Gasteiger partial charge in [-0.25, -0.2) is 0 Å². The number of carboxylic acids is 1. The van der Waals surface area contributed by atoms with E-state index in [1.54, 1.807) is 13.8 Å². The van der Waals surface area contributed by atoms with Crippen LogP contribution in [0.3, 0.4) is 0 Å². The van der Waals surface area contributed by atoms with Crippen LogP contribution in [-0.4, -0.2) is 23.5 Å². The molecule has 16 heavy (non-hydrogen) atoms. The van der Waals surface area contributed by atoms with Gasteiger partial charge in [-0.2, -0.15) is 0 Å². The Hall–Kier alpha value is -1.06. The van der Waals surface area contributed by atoms with E-state index in [1.165, 1.54) is 19.3 Å². The predicted molar refractivity (Wildman–Crippen MR) is 60.9 cm³/mol. The molecule has 4 nitrogen and oxygen atoms in total. The van der Waals surface area contributed by atoms with Crippen molar-refractivity contribution >= 4 is 11.9 Å². The Morgan fingerprint density at radius 2 is 1.94 bits per heavy atom. The van der Waals surface area contributed by atoms with E-state index in [1.807, 2.05) is 0 Å². The van der Waals surface area contributed by atoms with Crippen molar-refractivity contribution in [2.45, 2.75) is 39.5 Å². The highest BCUT2D eigenvalue weighted by molar-refractivity contribution is 5.84. The summed E-state index contributed by atoms with van der Waals surface area (Å²) in [6.07, 6.45) is 4.89. The van der Waals surface area contributed by atoms with Crippen LogP contribution in [0, 0.1) is 17.8 Å². The molecule has 0 aromatic carbocycles. The molecule has 4 heteroatoms. The molecule has 1 amide bonds. The number of carbonyl (C=O) groups excluding carboxylic acids is 1. The van der Waals surface area contributed by atoms with E-state index in [0.29, 0.717) is 6.54 Å². The van der Waals surface area contributed by atoms with E-state index in [9.17, 15) is 9.59 Å². The summed E-state index contributed by atoms with van der Waals surface area (Å²) in [5, 5.41) is 11.6. The second-order valence-corrected chi connectivity index (χ2v) is 4.79. The highest BCUT2D eigenvalue weighted by Gasteiger charge is 2.25. The molecule has 2 N–H and O–H groups in total. The molecule has 2 atom stereocenters. The third kappa shape index (κ3) is 3.51. The van der Waals surface area contributed by atoms with Gasteiger partial charge in [-0.15, -0.1) is 0 Å². The summed E-state index contributed by atoms with van der Waals surface area (Å²) in [5.41, 5.74) is 0. The van der Waals surface area contributed by atoms with Crippen molar-refractivity contribution in [2.24, 2.45) is 17.8 Å². The fourth-order valence-corrected chi connectivity index (χ4v) is 1.78. The molecule has 0 heterocycles. The summed E-state index contributed by atoms with van der Waals surface area (Å²) >= 11 is 0. The van der Waals surface area contributed by atoms with Gasteiger partial charge in [-0.3, -0.25) is 9.59 Å². The number of hydrogen-bond donors (Lipinski definition) is 2. The quantitative estimate of drug-likeness (QED) is 0.725. The largest absolute Gasteiger partial charge is 0.481 e. The van der Waals surface area contributed by atoms with Crippen molar-refractivity contribution in [3.8, 4) is 0 Å². The molecule has 2 unspecified atom stereocenters. The first-order valence-corrected chi connectivity index (χ1v) is 6.03. The molecule has 1 saturated carbocycles. The number of amides is 1. The monoisotopic (exact) mass is 227 g/mol. The fourth-order valence-electron chi connectivity index (χ4n) is 1.78. The van der Waals surface area contributed by atoms with Gasteiger partial charge < -0.3 is 10.4 Å². The average Bonchev–Trinajstić information content (AvgIpc) is 2.18. The van der Waals surface area contributed by atoms with Crippen molar-refractivity contribution in [3.05, 3.63) is 0 Å². The van der Waals surface area contributed by atoms with Crippen molar-refractivity contribution in [2.75, 3.05) is 6.54 Å². The van der Waals surface area contributed by atoms with Crippen LogP contribution in [0.25, 0.3) is 0 Å². The lowest BCUT2D eigenvalue weighted by Gasteiger charge is -2.25. The van der Waals surface area contributed by atoms with E-state index >= 15 is 0 Å². The van der Waals surface area contributed by atoms with Crippen LogP contribution in [0.15, 0.2) is 0 Å². The Morgan fingerprint density at radius 3 is 2.38 bits per heavy atom.